The van der Waals surface area contributed by atoms with Gasteiger partial charge in [-0.05, 0) is 37.2 Å². The molecule has 0 aliphatic carbocycles. The van der Waals surface area contributed by atoms with Crippen LogP contribution in [0, 0.1) is 0 Å². The van der Waals surface area contributed by atoms with E-state index >= 15 is 0 Å². The molecule has 3 rings (SSSR count). The van der Waals surface area contributed by atoms with Crippen molar-refractivity contribution in [2.75, 3.05) is 32.7 Å². The van der Waals surface area contributed by atoms with Crippen LogP contribution in [0.15, 0.2) is 46.9 Å². The first-order valence-electron chi connectivity index (χ1n) is 9.56. The smallest absolute Gasteiger partial charge is 0.234 e. The molecule has 1 aromatic carbocycles. The molecule has 0 saturated carbocycles. The maximum Gasteiger partial charge on any atom is 0.234 e. The Labute approximate surface area is 156 Å². The summed E-state index contributed by atoms with van der Waals surface area (Å²) in [6, 6.07) is 14.2. The van der Waals surface area contributed by atoms with Crippen molar-refractivity contribution in [1.82, 2.24) is 15.1 Å². The van der Waals surface area contributed by atoms with Crippen LogP contribution >= 0.6 is 0 Å². The Morgan fingerprint density at radius 3 is 2.50 bits per heavy atom. The summed E-state index contributed by atoms with van der Waals surface area (Å²) in [4.78, 5) is 16.9. The monoisotopic (exact) mass is 355 g/mol. The fourth-order valence-electron chi connectivity index (χ4n) is 3.31. The Bertz CT molecular complexity index is 684. The number of carbonyl (C=O) groups excluding carboxylic acids is 1. The van der Waals surface area contributed by atoms with E-state index < -0.39 is 0 Å². The fraction of sp³-hybridized carbons (Fsp3) is 0.476. The van der Waals surface area contributed by atoms with Crippen LogP contribution in [0.3, 0.4) is 0 Å². The lowest BCUT2D eigenvalue weighted by molar-refractivity contribution is -0.122. The summed E-state index contributed by atoms with van der Waals surface area (Å²) in [7, 11) is 0. The molecule has 26 heavy (non-hydrogen) atoms. The molecule has 140 valence electrons. The summed E-state index contributed by atoms with van der Waals surface area (Å²) in [6.45, 7) is 7.93. The van der Waals surface area contributed by atoms with Gasteiger partial charge in [-0.25, -0.2) is 0 Å². The first kappa shape index (κ1) is 18.7. The predicted molar refractivity (Wildman–Crippen MR) is 103 cm³/mol. The zero-order valence-electron chi connectivity index (χ0n) is 15.6. The zero-order chi connectivity index (χ0) is 18.2. The van der Waals surface area contributed by atoms with E-state index in [0.717, 1.165) is 62.6 Å². The van der Waals surface area contributed by atoms with Gasteiger partial charge in [0.25, 0.3) is 0 Å². The Balaban J connectivity index is 1.41. The van der Waals surface area contributed by atoms with Gasteiger partial charge in [0.2, 0.25) is 5.91 Å². The van der Waals surface area contributed by atoms with Gasteiger partial charge in [0.1, 0.15) is 11.5 Å². The second-order valence-corrected chi connectivity index (χ2v) is 6.89. The number of carbonyl (C=O) groups is 1. The van der Waals surface area contributed by atoms with Crippen LogP contribution < -0.4 is 5.32 Å². The highest BCUT2D eigenvalue weighted by Crippen LogP contribution is 2.13. The highest BCUT2D eigenvalue weighted by molar-refractivity contribution is 5.78. The minimum Gasteiger partial charge on any atom is -0.465 e. The average molecular weight is 355 g/mol. The van der Waals surface area contributed by atoms with Crippen LogP contribution in [0.2, 0.25) is 0 Å². The minimum atomic E-state index is 0.0981. The second-order valence-electron chi connectivity index (χ2n) is 6.89. The maximum atomic E-state index is 12.2. The lowest BCUT2D eigenvalue weighted by Gasteiger charge is -2.20. The predicted octanol–water partition coefficient (Wildman–Crippen LogP) is 2.67. The Morgan fingerprint density at radius 2 is 1.73 bits per heavy atom. The van der Waals surface area contributed by atoms with E-state index in [1.165, 1.54) is 0 Å². The van der Waals surface area contributed by atoms with Crippen LogP contribution in [0.25, 0.3) is 0 Å². The lowest BCUT2D eigenvalue weighted by atomic mass is 10.2. The van der Waals surface area contributed by atoms with Crippen molar-refractivity contribution in [1.29, 1.82) is 0 Å². The molecule has 1 amide bonds. The van der Waals surface area contributed by atoms with Gasteiger partial charge in [0, 0.05) is 26.1 Å². The van der Waals surface area contributed by atoms with Gasteiger partial charge in [-0.1, -0.05) is 37.3 Å². The molecule has 1 N–H and O–H groups in total. The van der Waals surface area contributed by atoms with E-state index in [9.17, 15) is 4.79 Å². The van der Waals surface area contributed by atoms with Gasteiger partial charge in [0.05, 0.1) is 13.1 Å². The third-order valence-electron chi connectivity index (χ3n) is 4.83. The first-order valence-corrected chi connectivity index (χ1v) is 9.56. The molecule has 1 aliphatic heterocycles. The normalized spacial score (nSPS) is 16.3. The highest BCUT2D eigenvalue weighted by Gasteiger charge is 2.18. The number of nitrogens with zero attached hydrogens (tertiary/aromatic N) is 2. The molecule has 0 bridgehead atoms. The van der Waals surface area contributed by atoms with Crippen LogP contribution in [0.5, 0.6) is 0 Å². The summed E-state index contributed by atoms with van der Waals surface area (Å²) < 4.78 is 5.82. The standard InChI is InChI=1S/C21H29N3O2/c1-2-19-9-10-20(26-19)16-23-11-6-12-24(14-13-23)17-21(25)22-15-18-7-4-3-5-8-18/h3-5,7-10H,2,6,11-17H2,1H3,(H,22,25). The van der Waals surface area contributed by atoms with Crippen LogP contribution in [-0.4, -0.2) is 48.4 Å². The maximum absolute atomic E-state index is 12.2. The molecular weight excluding hydrogens is 326 g/mol. The first-order chi connectivity index (χ1) is 12.7. The number of hydrogen-bond acceptors (Lipinski definition) is 4. The largest absolute Gasteiger partial charge is 0.465 e. The van der Waals surface area contributed by atoms with Gasteiger partial charge >= 0.3 is 0 Å². The number of benzene rings is 1. The summed E-state index contributed by atoms with van der Waals surface area (Å²) in [5.74, 6) is 2.18. The van der Waals surface area contributed by atoms with Crippen molar-refractivity contribution in [2.45, 2.75) is 32.9 Å². The van der Waals surface area contributed by atoms with Gasteiger partial charge in [-0.15, -0.1) is 0 Å². The van der Waals surface area contributed by atoms with E-state index in [4.69, 9.17) is 4.42 Å². The Hall–Kier alpha value is -2.11. The lowest BCUT2D eigenvalue weighted by Crippen LogP contribution is -2.39. The van der Waals surface area contributed by atoms with E-state index in [1.807, 2.05) is 30.3 Å². The molecule has 0 atom stereocenters. The molecule has 1 aromatic heterocycles. The SMILES string of the molecule is CCc1ccc(CN2CCCN(CC(=O)NCc3ccccc3)CC2)o1. The average Bonchev–Trinajstić information content (AvgIpc) is 3.01. The van der Waals surface area contributed by atoms with E-state index in [1.54, 1.807) is 0 Å². The van der Waals surface area contributed by atoms with Crippen molar-refractivity contribution >= 4 is 5.91 Å². The third-order valence-corrected chi connectivity index (χ3v) is 4.83. The Kier molecular flexibility index (Phi) is 6.86. The summed E-state index contributed by atoms with van der Waals surface area (Å²) in [6.07, 6.45) is 2.01. The number of hydrogen-bond donors (Lipinski definition) is 1. The van der Waals surface area contributed by atoms with Crippen molar-refractivity contribution in [3.8, 4) is 0 Å². The van der Waals surface area contributed by atoms with Crippen molar-refractivity contribution in [3.05, 3.63) is 59.5 Å². The van der Waals surface area contributed by atoms with Crippen LogP contribution in [0.4, 0.5) is 0 Å². The van der Waals surface area contributed by atoms with Gasteiger partial charge in [-0.3, -0.25) is 14.6 Å². The topological polar surface area (TPSA) is 48.7 Å². The number of amides is 1. The number of aryl methyl sites for hydroxylation is 1. The van der Waals surface area contributed by atoms with Gasteiger partial charge in [0.15, 0.2) is 0 Å². The van der Waals surface area contributed by atoms with Crippen LogP contribution in [-0.2, 0) is 24.3 Å². The number of rotatable bonds is 7. The van der Waals surface area contributed by atoms with Gasteiger partial charge in [-0.2, -0.15) is 0 Å². The molecule has 0 radical (unpaired) electrons. The molecule has 1 saturated heterocycles. The fourth-order valence-corrected chi connectivity index (χ4v) is 3.31. The van der Waals surface area contributed by atoms with Crippen LogP contribution in [0.1, 0.15) is 30.4 Å². The molecule has 0 unspecified atom stereocenters. The molecule has 5 nitrogen and oxygen atoms in total. The molecule has 5 heteroatoms. The van der Waals surface area contributed by atoms with E-state index in [-0.39, 0.29) is 5.91 Å². The molecule has 0 spiro atoms. The third kappa shape index (κ3) is 5.71. The van der Waals surface area contributed by atoms with Crippen molar-refractivity contribution < 1.29 is 9.21 Å². The second kappa shape index (κ2) is 9.55. The zero-order valence-corrected chi connectivity index (χ0v) is 15.6. The summed E-state index contributed by atoms with van der Waals surface area (Å²) in [5, 5.41) is 3.02. The molecule has 1 fully saturated rings. The van der Waals surface area contributed by atoms with E-state index in [2.05, 4.69) is 34.2 Å². The van der Waals surface area contributed by atoms with E-state index in [0.29, 0.717) is 13.1 Å². The quantitative estimate of drug-likeness (QED) is 0.830. The Morgan fingerprint density at radius 1 is 1.00 bits per heavy atom. The molecule has 1 aliphatic rings. The summed E-state index contributed by atoms with van der Waals surface area (Å²) >= 11 is 0. The molecular formula is C21H29N3O2. The molecule has 2 heterocycles. The number of furan rings is 1. The number of nitrogens with one attached hydrogen (secondary N) is 1. The molecule has 2 aromatic rings. The minimum absolute atomic E-state index is 0.0981. The highest BCUT2D eigenvalue weighted by atomic mass is 16.3. The van der Waals surface area contributed by atoms with Gasteiger partial charge < -0.3 is 9.73 Å². The van der Waals surface area contributed by atoms with Crippen molar-refractivity contribution in [3.63, 3.8) is 0 Å². The summed E-state index contributed by atoms with van der Waals surface area (Å²) in [5.41, 5.74) is 1.13. The van der Waals surface area contributed by atoms with Crippen molar-refractivity contribution in [2.24, 2.45) is 0 Å².